The van der Waals surface area contributed by atoms with Crippen LogP contribution in [0.5, 0.6) is 5.75 Å². The monoisotopic (exact) mass is 453 g/mol. The molecule has 0 aromatic heterocycles. The molecule has 2 N–H and O–H groups in total. The first-order chi connectivity index (χ1) is 13.7. The molecular weight excluding hydrogens is 425 g/mol. The van der Waals surface area contributed by atoms with Gasteiger partial charge in [-0.25, -0.2) is 4.79 Å². The molecule has 0 saturated carbocycles. The average molecular weight is 454 g/mol. The number of carbonyl (C=O) groups is 1. The molecule has 0 unspecified atom stereocenters. The molecule has 0 radical (unpaired) electrons. The summed E-state index contributed by atoms with van der Waals surface area (Å²) >= 11 is 0. The van der Waals surface area contributed by atoms with Gasteiger partial charge in [0, 0.05) is 36.8 Å². The van der Waals surface area contributed by atoms with Crippen molar-refractivity contribution in [2.75, 3.05) is 25.6 Å². The second-order valence-electron chi connectivity index (χ2n) is 7.38. The molecule has 4 rings (SSSR count). The Kier molecular flexibility index (Phi) is 8.79. The number of ether oxygens (including phenoxy) is 2. The number of cyclic esters (lactones) is 1. The van der Waals surface area contributed by atoms with Gasteiger partial charge >= 0.3 is 6.09 Å². The van der Waals surface area contributed by atoms with Crippen molar-refractivity contribution in [1.82, 2.24) is 10.6 Å². The highest BCUT2D eigenvalue weighted by atomic mass is 35.5. The first kappa shape index (κ1) is 24.3. The molecule has 0 aliphatic carbocycles. The largest absolute Gasteiger partial charge is 0.496 e. The fraction of sp³-hybridized carbons (Fsp3) is 0.409. The van der Waals surface area contributed by atoms with Crippen molar-refractivity contribution in [3.05, 3.63) is 59.2 Å². The number of methoxy groups -OCH3 is 1. The highest BCUT2D eigenvalue weighted by Crippen LogP contribution is 2.33. The van der Waals surface area contributed by atoms with E-state index in [-0.39, 0.29) is 43.6 Å². The van der Waals surface area contributed by atoms with Crippen molar-refractivity contribution in [3.63, 3.8) is 0 Å². The normalized spacial score (nSPS) is 20.3. The maximum atomic E-state index is 11.9. The van der Waals surface area contributed by atoms with Crippen LogP contribution in [0.4, 0.5) is 10.5 Å². The number of rotatable bonds is 5. The molecule has 2 aliphatic rings. The third-order valence-electron chi connectivity index (χ3n) is 5.64. The molecule has 2 atom stereocenters. The van der Waals surface area contributed by atoms with Gasteiger partial charge in [-0.3, -0.25) is 4.90 Å². The number of anilines is 1. The summed E-state index contributed by atoms with van der Waals surface area (Å²) < 4.78 is 10.8. The van der Waals surface area contributed by atoms with Crippen molar-refractivity contribution in [2.24, 2.45) is 0 Å². The lowest BCUT2D eigenvalue weighted by molar-refractivity contribution is 0.143. The van der Waals surface area contributed by atoms with Crippen molar-refractivity contribution >= 4 is 36.6 Å². The van der Waals surface area contributed by atoms with Crippen LogP contribution in [0.15, 0.2) is 42.5 Å². The molecule has 1 fully saturated rings. The fourth-order valence-electron chi connectivity index (χ4n) is 4.10. The molecule has 2 aliphatic heterocycles. The Balaban J connectivity index is 0.00000160. The van der Waals surface area contributed by atoms with E-state index in [2.05, 4.69) is 34.9 Å². The van der Waals surface area contributed by atoms with Crippen LogP contribution < -0.4 is 20.3 Å². The van der Waals surface area contributed by atoms with E-state index in [4.69, 9.17) is 9.47 Å². The van der Waals surface area contributed by atoms with Crippen LogP contribution in [0.3, 0.4) is 0 Å². The van der Waals surface area contributed by atoms with E-state index in [0.717, 1.165) is 42.0 Å². The Bertz CT molecular complexity index is 851. The van der Waals surface area contributed by atoms with Crippen LogP contribution in [-0.2, 0) is 17.9 Å². The topological polar surface area (TPSA) is 62.8 Å². The maximum absolute atomic E-state index is 11.9. The number of nitrogens with zero attached hydrogens (tertiary/aromatic N) is 1. The van der Waals surface area contributed by atoms with Crippen LogP contribution in [-0.4, -0.2) is 32.8 Å². The number of benzene rings is 2. The molecule has 0 spiro atoms. The summed E-state index contributed by atoms with van der Waals surface area (Å²) in [5, 5.41) is 7.37. The lowest BCUT2D eigenvalue weighted by Gasteiger charge is -2.34. The predicted octanol–water partition coefficient (Wildman–Crippen LogP) is 4.21. The number of fused-ring (bicyclic) bond motifs is 1. The van der Waals surface area contributed by atoms with E-state index < -0.39 is 0 Å². The van der Waals surface area contributed by atoms with Gasteiger partial charge in [0.1, 0.15) is 12.4 Å². The van der Waals surface area contributed by atoms with Gasteiger partial charge in [-0.05, 0) is 37.1 Å². The van der Waals surface area contributed by atoms with Crippen molar-refractivity contribution in [2.45, 2.75) is 38.1 Å². The van der Waals surface area contributed by atoms with E-state index in [1.165, 1.54) is 5.56 Å². The highest BCUT2D eigenvalue weighted by Gasteiger charge is 2.27. The molecule has 30 heavy (non-hydrogen) atoms. The summed E-state index contributed by atoms with van der Waals surface area (Å²) in [4.78, 5) is 13.4. The molecule has 2 aromatic rings. The Morgan fingerprint density at radius 2 is 2.00 bits per heavy atom. The van der Waals surface area contributed by atoms with Crippen molar-refractivity contribution < 1.29 is 14.3 Å². The summed E-state index contributed by atoms with van der Waals surface area (Å²) in [6.07, 6.45) is 1.94. The van der Waals surface area contributed by atoms with E-state index in [1.807, 2.05) is 18.2 Å². The molecule has 1 amide bonds. The Morgan fingerprint density at radius 1 is 1.23 bits per heavy atom. The first-order valence-corrected chi connectivity index (χ1v) is 9.79. The van der Waals surface area contributed by atoms with Gasteiger partial charge in [0.25, 0.3) is 0 Å². The molecule has 1 saturated heterocycles. The second kappa shape index (κ2) is 10.9. The van der Waals surface area contributed by atoms with E-state index in [0.29, 0.717) is 12.6 Å². The zero-order valence-electron chi connectivity index (χ0n) is 17.2. The number of carbonyl (C=O) groups excluding carboxylic acids is 1. The van der Waals surface area contributed by atoms with Gasteiger partial charge in [0.05, 0.1) is 12.8 Å². The van der Waals surface area contributed by atoms with Gasteiger partial charge in [0.2, 0.25) is 0 Å². The molecule has 0 bridgehead atoms. The molecule has 2 aromatic carbocycles. The lowest BCUT2D eigenvalue weighted by Crippen LogP contribution is -2.45. The standard InChI is InChI=1S/C22H27N3O3.2ClH/c1-25-19-11-16(20(27-2)12-17(19)14-28-22(25)26)13-24-18-9-6-10-23-21(18)15-7-4-3-5-8-15;;/h3-5,7-8,11-12,18,21,23-24H,6,9-10,13-14H2,1-2H3;2*1H/t18-,21-;;/m0../s1. The van der Waals surface area contributed by atoms with Gasteiger partial charge in [-0.2, -0.15) is 0 Å². The van der Waals surface area contributed by atoms with Gasteiger partial charge in [0.15, 0.2) is 0 Å². The number of nitrogens with one attached hydrogen (secondary N) is 2. The molecule has 8 heteroatoms. The van der Waals surface area contributed by atoms with Crippen molar-refractivity contribution in [1.29, 1.82) is 0 Å². The Labute approximate surface area is 190 Å². The summed E-state index contributed by atoms with van der Waals surface area (Å²) in [6.45, 7) is 1.99. The number of hydrogen-bond donors (Lipinski definition) is 2. The Morgan fingerprint density at radius 3 is 2.73 bits per heavy atom. The van der Waals surface area contributed by atoms with Crippen LogP contribution in [0.1, 0.15) is 35.6 Å². The smallest absolute Gasteiger partial charge is 0.414 e. The third-order valence-corrected chi connectivity index (χ3v) is 5.64. The SMILES string of the molecule is COc1cc2c(cc1CN[C@H]1CCCN[C@H]1c1ccccc1)N(C)C(=O)OC2.Cl.Cl. The van der Waals surface area contributed by atoms with Gasteiger partial charge in [-0.15, -0.1) is 24.8 Å². The summed E-state index contributed by atoms with van der Waals surface area (Å²) in [5.41, 5.74) is 4.19. The summed E-state index contributed by atoms with van der Waals surface area (Å²) in [7, 11) is 3.42. The second-order valence-corrected chi connectivity index (χ2v) is 7.38. The number of amides is 1. The summed E-state index contributed by atoms with van der Waals surface area (Å²) in [5.74, 6) is 0.817. The lowest BCUT2D eigenvalue weighted by atomic mass is 9.92. The predicted molar refractivity (Wildman–Crippen MR) is 123 cm³/mol. The molecule has 6 nitrogen and oxygen atoms in total. The molecule has 2 heterocycles. The Hall–Kier alpha value is -1.99. The third kappa shape index (κ3) is 5.01. The first-order valence-electron chi connectivity index (χ1n) is 9.79. The molecular formula is C22H29Cl2N3O3. The molecule has 164 valence electrons. The zero-order valence-corrected chi connectivity index (χ0v) is 18.9. The van der Waals surface area contributed by atoms with Crippen LogP contribution in [0, 0.1) is 0 Å². The van der Waals surface area contributed by atoms with E-state index in [9.17, 15) is 4.79 Å². The average Bonchev–Trinajstić information content (AvgIpc) is 2.75. The van der Waals surface area contributed by atoms with Gasteiger partial charge in [-0.1, -0.05) is 30.3 Å². The highest BCUT2D eigenvalue weighted by molar-refractivity contribution is 5.90. The number of piperidine rings is 1. The van der Waals surface area contributed by atoms with E-state index in [1.54, 1.807) is 19.1 Å². The van der Waals surface area contributed by atoms with Crippen LogP contribution >= 0.6 is 24.8 Å². The van der Waals surface area contributed by atoms with Crippen LogP contribution in [0.25, 0.3) is 0 Å². The summed E-state index contributed by atoms with van der Waals surface area (Å²) in [6, 6.07) is 15.2. The van der Waals surface area contributed by atoms with Crippen molar-refractivity contribution in [3.8, 4) is 5.75 Å². The zero-order chi connectivity index (χ0) is 19.5. The minimum absolute atomic E-state index is 0. The minimum atomic E-state index is -0.322. The van der Waals surface area contributed by atoms with E-state index >= 15 is 0 Å². The van der Waals surface area contributed by atoms with Gasteiger partial charge < -0.3 is 20.1 Å². The number of hydrogen-bond acceptors (Lipinski definition) is 5. The fourth-order valence-corrected chi connectivity index (χ4v) is 4.10. The minimum Gasteiger partial charge on any atom is -0.496 e. The number of halogens is 2. The maximum Gasteiger partial charge on any atom is 0.414 e. The van der Waals surface area contributed by atoms with Crippen LogP contribution in [0.2, 0.25) is 0 Å². The quantitative estimate of drug-likeness (QED) is 0.709.